The van der Waals surface area contributed by atoms with Gasteiger partial charge in [0.2, 0.25) is 0 Å². The van der Waals surface area contributed by atoms with Crippen LogP contribution < -0.4 is 10.1 Å². The summed E-state index contributed by atoms with van der Waals surface area (Å²) in [5.74, 6) is -0.674. The van der Waals surface area contributed by atoms with Crippen LogP contribution in [-0.4, -0.2) is 20.2 Å². The Labute approximate surface area is 112 Å². The Morgan fingerprint density at radius 1 is 1.21 bits per heavy atom. The van der Waals surface area contributed by atoms with E-state index in [-0.39, 0.29) is 11.7 Å². The standard InChI is InChI=1S/C15H19F2NO/c1-19-13-7-11(16)6-12(14(13)17)10-2-4-15(5-3-10)8-18-9-15/h6-7,10,18H,2-5,8-9H2,1H3. The molecular formula is C15H19F2NO. The lowest BCUT2D eigenvalue weighted by atomic mass is 9.66. The topological polar surface area (TPSA) is 21.3 Å². The average Bonchev–Trinajstić information content (AvgIpc) is 2.39. The second-order valence-electron chi connectivity index (χ2n) is 5.89. The van der Waals surface area contributed by atoms with E-state index in [1.165, 1.54) is 13.2 Å². The minimum Gasteiger partial charge on any atom is -0.494 e. The van der Waals surface area contributed by atoms with Crippen LogP contribution in [0.15, 0.2) is 12.1 Å². The van der Waals surface area contributed by atoms with E-state index in [2.05, 4.69) is 5.32 Å². The van der Waals surface area contributed by atoms with Crippen molar-refractivity contribution in [2.75, 3.05) is 20.2 Å². The average molecular weight is 267 g/mol. The zero-order valence-electron chi connectivity index (χ0n) is 11.1. The van der Waals surface area contributed by atoms with Crippen LogP contribution in [0.1, 0.15) is 37.2 Å². The first kappa shape index (κ1) is 12.9. The molecule has 1 aromatic carbocycles. The van der Waals surface area contributed by atoms with Crippen molar-refractivity contribution in [3.05, 3.63) is 29.3 Å². The van der Waals surface area contributed by atoms with E-state index in [1.54, 1.807) is 0 Å². The van der Waals surface area contributed by atoms with Gasteiger partial charge in [-0.3, -0.25) is 0 Å². The first-order valence-electron chi connectivity index (χ1n) is 6.87. The highest BCUT2D eigenvalue weighted by Gasteiger charge is 2.40. The first-order valence-corrected chi connectivity index (χ1v) is 6.87. The van der Waals surface area contributed by atoms with Crippen molar-refractivity contribution in [1.29, 1.82) is 0 Å². The predicted molar refractivity (Wildman–Crippen MR) is 69.4 cm³/mol. The van der Waals surface area contributed by atoms with Crippen LogP contribution >= 0.6 is 0 Å². The largest absolute Gasteiger partial charge is 0.494 e. The number of nitrogens with one attached hydrogen (secondary N) is 1. The summed E-state index contributed by atoms with van der Waals surface area (Å²) < 4.78 is 32.6. The van der Waals surface area contributed by atoms with Gasteiger partial charge in [0, 0.05) is 19.2 Å². The number of hydrogen-bond acceptors (Lipinski definition) is 2. The lowest BCUT2D eigenvalue weighted by Crippen LogP contribution is -2.54. The van der Waals surface area contributed by atoms with Gasteiger partial charge in [-0.25, -0.2) is 8.78 Å². The maximum absolute atomic E-state index is 14.2. The fourth-order valence-corrected chi connectivity index (χ4v) is 3.40. The highest BCUT2D eigenvalue weighted by Crippen LogP contribution is 2.46. The molecule has 1 saturated heterocycles. The Morgan fingerprint density at radius 2 is 1.89 bits per heavy atom. The van der Waals surface area contributed by atoms with Gasteiger partial charge in [-0.1, -0.05) is 0 Å². The van der Waals surface area contributed by atoms with Gasteiger partial charge in [0.05, 0.1) is 7.11 Å². The van der Waals surface area contributed by atoms with E-state index in [0.29, 0.717) is 11.0 Å². The Morgan fingerprint density at radius 3 is 2.42 bits per heavy atom. The number of benzene rings is 1. The Bertz CT molecular complexity index is 475. The molecule has 1 saturated carbocycles. The van der Waals surface area contributed by atoms with Crippen LogP contribution in [0.25, 0.3) is 0 Å². The summed E-state index contributed by atoms with van der Waals surface area (Å²) in [6.07, 6.45) is 4.07. The molecule has 4 heteroatoms. The summed E-state index contributed by atoms with van der Waals surface area (Å²) in [4.78, 5) is 0. The third-order valence-electron chi connectivity index (χ3n) is 4.74. The van der Waals surface area contributed by atoms with Gasteiger partial charge in [-0.2, -0.15) is 0 Å². The molecule has 0 aromatic heterocycles. The summed E-state index contributed by atoms with van der Waals surface area (Å²) in [6, 6.07) is 2.44. The summed E-state index contributed by atoms with van der Waals surface area (Å²) in [5, 5.41) is 3.31. The second kappa shape index (κ2) is 4.75. The summed E-state index contributed by atoms with van der Waals surface area (Å²) >= 11 is 0. The van der Waals surface area contributed by atoms with E-state index in [4.69, 9.17) is 4.74 Å². The zero-order valence-corrected chi connectivity index (χ0v) is 11.1. The van der Waals surface area contributed by atoms with Gasteiger partial charge in [0.1, 0.15) is 5.82 Å². The van der Waals surface area contributed by atoms with Gasteiger partial charge in [0.25, 0.3) is 0 Å². The Balaban J connectivity index is 1.81. The lowest BCUT2D eigenvalue weighted by Gasteiger charge is -2.47. The maximum Gasteiger partial charge on any atom is 0.168 e. The molecule has 2 nitrogen and oxygen atoms in total. The van der Waals surface area contributed by atoms with Gasteiger partial charge in [-0.15, -0.1) is 0 Å². The molecule has 3 rings (SSSR count). The third kappa shape index (κ3) is 2.22. The van der Waals surface area contributed by atoms with Crippen LogP contribution in [0.3, 0.4) is 0 Å². The molecular weight excluding hydrogens is 248 g/mol. The van der Waals surface area contributed by atoms with Crippen LogP contribution in [-0.2, 0) is 0 Å². The van der Waals surface area contributed by atoms with Crippen molar-refractivity contribution in [2.45, 2.75) is 31.6 Å². The van der Waals surface area contributed by atoms with E-state index in [1.807, 2.05) is 0 Å². The number of rotatable bonds is 2. The molecule has 1 aliphatic carbocycles. The first-order chi connectivity index (χ1) is 9.13. The van der Waals surface area contributed by atoms with Crippen LogP contribution in [0.5, 0.6) is 5.75 Å². The van der Waals surface area contributed by atoms with E-state index in [0.717, 1.165) is 44.8 Å². The molecule has 1 aliphatic heterocycles. The fraction of sp³-hybridized carbons (Fsp3) is 0.600. The molecule has 2 aliphatic rings. The zero-order chi connectivity index (χ0) is 13.5. The molecule has 0 unspecified atom stereocenters. The number of halogens is 2. The quantitative estimate of drug-likeness (QED) is 0.888. The van der Waals surface area contributed by atoms with Crippen LogP contribution in [0.4, 0.5) is 8.78 Å². The number of ether oxygens (including phenoxy) is 1. The molecule has 0 atom stereocenters. The van der Waals surface area contributed by atoms with Crippen LogP contribution in [0.2, 0.25) is 0 Å². The van der Waals surface area contributed by atoms with Gasteiger partial charge < -0.3 is 10.1 Å². The fourth-order valence-electron chi connectivity index (χ4n) is 3.40. The second-order valence-corrected chi connectivity index (χ2v) is 5.89. The normalized spacial score (nSPS) is 22.3. The van der Waals surface area contributed by atoms with Crippen LogP contribution in [0, 0.1) is 17.0 Å². The van der Waals surface area contributed by atoms with E-state index >= 15 is 0 Å². The van der Waals surface area contributed by atoms with Crippen molar-refractivity contribution in [2.24, 2.45) is 5.41 Å². The van der Waals surface area contributed by atoms with Crippen molar-refractivity contribution in [3.8, 4) is 5.75 Å². The molecule has 0 amide bonds. The van der Waals surface area contributed by atoms with Crippen molar-refractivity contribution in [3.63, 3.8) is 0 Å². The third-order valence-corrected chi connectivity index (χ3v) is 4.74. The van der Waals surface area contributed by atoms with Crippen molar-refractivity contribution < 1.29 is 13.5 Å². The SMILES string of the molecule is COc1cc(F)cc(C2CCC3(CC2)CNC3)c1F. The molecule has 19 heavy (non-hydrogen) atoms. The van der Waals surface area contributed by atoms with Gasteiger partial charge >= 0.3 is 0 Å². The molecule has 1 heterocycles. The van der Waals surface area contributed by atoms with Gasteiger partial charge in [-0.05, 0) is 48.6 Å². The Kier molecular flexibility index (Phi) is 3.21. The smallest absolute Gasteiger partial charge is 0.168 e. The van der Waals surface area contributed by atoms with E-state index in [9.17, 15) is 8.78 Å². The molecule has 0 radical (unpaired) electrons. The molecule has 104 valence electrons. The predicted octanol–water partition coefficient (Wildman–Crippen LogP) is 3.22. The van der Waals surface area contributed by atoms with Crippen molar-refractivity contribution >= 4 is 0 Å². The van der Waals surface area contributed by atoms with Gasteiger partial charge in [0.15, 0.2) is 11.6 Å². The monoisotopic (exact) mass is 267 g/mol. The Hall–Kier alpha value is -1.16. The maximum atomic E-state index is 14.2. The summed E-state index contributed by atoms with van der Waals surface area (Å²) in [6.45, 7) is 2.16. The number of hydrogen-bond donors (Lipinski definition) is 1. The highest BCUT2D eigenvalue weighted by atomic mass is 19.1. The summed E-state index contributed by atoms with van der Waals surface area (Å²) in [7, 11) is 1.37. The molecule has 1 spiro atoms. The molecule has 0 bridgehead atoms. The minimum atomic E-state index is -0.418. The van der Waals surface area contributed by atoms with Crippen molar-refractivity contribution in [1.82, 2.24) is 5.32 Å². The molecule has 1 N–H and O–H groups in total. The minimum absolute atomic E-state index is 0.0144. The summed E-state index contributed by atoms with van der Waals surface area (Å²) in [5.41, 5.74) is 0.920. The van der Waals surface area contributed by atoms with E-state index < -0.39 is 11.6 Å². The highest BCUT2D eigenvalue weighted by molar-refractivity contribution is 5.34. The lowest BCUT2D eigenvalue weighted by molar-refractivity contribution is 0.0967. The molecule has 1 aromatic rings. The number of methoxy groups -OCH3 is 1. The molecule has 2 fully saturated rings.